The van der Waals surface area contributed by atoms with E-state index < -0.39 is 49.0 Å². The van der Waals surface area contributed by atoms with E-state index >= 15 is 0 Å². The van der Waals surface area contributed by atoms with Crippen molar-refractivity contribution in [2.75, 3.05) is 11.9 Å². The number of anilines is 1. The number of hydrogen-bond donors (Lipinski definition) is 3. The van der Waals surface area contributed by atoms with Crippen molar-refractivity contribution in [3.8, 4) is 0 Å². The van der Waals surface area contributed by atoms with Crippen LogP contribution >= 0.6 is 0 Å². The molecule has 4 rings (SSSR count). The first-order chi connectivity index (χ1) is 18.0. The molecule has 1 fully saturated rings. The van der Waals surface area contributed by atoms with Crippen LogP contribution in [-0.2, 0) is 28.0 Å². The highest BCUT2D eigenvalue weighted by Gasteiger charge is 2.51. The molecule has 2 aromatic carbocycles. The van der Waals surface area contributed by atoms with Gasteiger partial charge in [-0.2, -0.15) is 13.2 Å². The van der Waals surface area contributed by atoms with Crippen LogP contribution in [-0.4, -0.2) is 62.4 Å². The number of nitrogens with zero attached hydrogens (tertiary/aromatic N) is 4. The minimum absolute atomic E-state index is 0.0340. The Balaban J connectivity index is 1.38. The SMILES string of the molecule is Cn1nnc2cc(CNC(=O)C3CC(C(F)(F)F)CN3C(=O)C(N)CCC(=O)Nc3ccccc3)ccc21. The normalized spacial score (nSPS) is 18.4. The number of carbonyl (C=O) groups is 3. The number of para-hydroxylation sites is 1. The Hall–Kier alpha value is -4.00. The number of nitrogens with two attached hydrogens (primary N) is 1. The molecular weight excluding hydrogens is 503 g/mol. The number of fused-ring (bicyclic) bond motifs is 1. The fourth-order valence-corrected chi connectivity index (χ4v) is 4.44. The van der Waals surface area contributed by atoms with E-state index in [0.29, 0.717) is 16.8 Å². The average molecular weight is 532 g/mol. The summed E-state index contributed by atoms with van der Waals surface area (Å²) in [4.78, 5) is 39.1. The molecule has 3 atom stereocenters. The number of aromatic nitrogens is 3. The van der Waals surface area contributed by atoms with E-state index in [4.69, 9.17) is 5.73 Å². The van der Waals surface area contributed by atoms with Gasteiger partial charge in [0, 0.05) is 32.2 Å². The van der Waals surface area contributed by atoms with Gasteiger partial charge in [-0.1, -0.05) is 29.5 Å². The molecule has 0 spiro atoms. The summed E-state index contributed by atoms with van der Waals surface area (Å²) in [6, 6.07) is 11.3. The van der Waals surface area contributed by atoms with Crippen LogP contribution < -0.4 is 16.4 Å². The van der Waals surface area contributed by atoms with Crippen LogP contribution in [0.3, 0.4) is 0 Å². The molecule has 0 saturated carbocycles. The second-order valence-corrected chi connectivity index (χ2v) is 9.29. The van der Waals surface area contributed by atoms with Crippen molar-refractivity contribution >= 4 is 34.4 Å². The van der Waals surface area contributed by atoms with Crippen LogP contribution in [0.2, 0.25) is 0 Å². The first kappa shape index (κ1) is 27.0. The third-order valence-electron chi connectivity index (χ3n) is 6.55. The van der Waals surface area contributed by atoms with E-state index in [-0.39, 0.29) is 25.3 Å². The largest absolute Gasteiger partial charge is 0.393 e. The van der Waals surface area contributed by atoms with Crippen molar-refractivity contribution in [3.05, 3.63) is 54.1 Å². The van der Waals surface area contributed by atoms with Crippen LogP contribution in [0.25, 0.3) is 11.0 Å². The van der Waals surface area contributed by atoms with E-state index in [2.05, 4.69) is 20.9 Å². The minimum Gasteiger partial charge on any atom is -0.350 e. The van der Waals surface area contributed by atoms with E-state index in [1.165, 1.54) is 0 Å². The number of alkyl halides is 3. The molecule has 1 saturated heterocycles. The van der Waals surface area contributed by atoms with Gasteiger partial charge in [0.1, 0.15) is 11.6 Å². The van der Waals surface area contributed by atoms with Gasteiger partial charge in [0.15, 0.2) is 0 Å². The molecule has 3 amide bonds. The molecule has 13 heteroatoms. The Morgan fingerprint density at radius 2 is 1.89 bits per heavy atom. The first-order valence-corrected chi connectivity index (χ1v) is 12.1. The second kappa shape index (κ2) is 11.2. The number of nitrogens with one attached hydrogen (secondary N) is 2. The van der Waals surface area contributed by atoms with Gasteiger partial charge in [-0.15, -0.1) is 5.10 Å². The quantitative estimate of drug-likeness (QED) is 0.408. The average Bonchev–Trinajstić information content (AvgIpc) is 3.50. The molecule has 1 aromatic heterocycles. The molecule has 1 aliphatic rings. The topological polar surface area (TPSA) is 135 Å². The van der Waals surface area contributed by atoms with Gasteiger partial charge in [0.25, 0.3) is 0 Å². The van der Waals surface area contributed by atoms with Crippen LogP contribution in [0.1, 0.15) is 24.8 Å². The summed E-state index contributed by atoms with van der Waals surface area (Å²) in [5, 5.41) is 13.2. The third-order valence-corrected chi connectivity index (χ3v) is 6.55. The molecule has 3 aromatic rings. The lowest BCUT2D eigenvalue weighted by Crippen LogP contribution is -2.51. The number of rotatable bonds is 8. The summed E-state index contributed by atoms with van der Waals surface area (Å²) in [6.07, 6.45) is -5.34. The van der Waals surface area contributed by atoms with Crippen LogP contribution in [0.4, 0.5) is 18.9 Å². The lowest BCUT2D eigenvalue weighted by molar-refractivity contribution is -0.171. The van der Waals surface area contributed by atoms with Crippen molar-refractivity contribution in [1.82, 2.24) is 25.2 Å². The Kier molecular flexibility index (Phi) is 7.95. The molecule has 4 N–H and O–H groups in total. The maximum Gasteiger partial charge on any atom is 0.393 e. The first-order valence-electron chi connectivity index (χ1n) is 12.1. The fourth-order valence-electron chi connectivity index (χ4n) is 4.44. The van der Waals surface area contributed by atoms with E-state index in [1.807, 2.05) is 0 Å². The molecule has 0 bridgehead atoms. The zero-order valence-corrected chi connectivity index (χ0v) is 20.6. The van der Waals surface area contributed by atoms with Crippen molar-refractivity contribution in [1.29, 1.82) is 0 Å². The molecule has 1 aliphatic heterocycles. The van der Waals surface area contributed by atoms with Crippen LogP contribution in [0.15, 0.2) is 48.5 Å². The molecule has 38 heavy (non-hydrogen) atoms. The number of hydrogen-bond acceptors (Lipinski definition) is 6. The zero-order valence-electron chi connectivity index (χ0n) is 20.6. The maximum absolute atomic E-state index is 13.5. The Bertz CT molecular complexity index is 1310. The number of likely N-dealkylation sites (tertiary alicyclic amines) is 1. The zero-order chi connectivity index (χ0) is 27.4. The maximum atomic E-state index is 13.5. The summed E-state index contributed by atoms with van der Waals surface area (Å²) in [5.74, 6) is -3.75. The summed E-state index contributed by atoms with van der Waals surface area (Å²) in [6.45, 7) is -0.637. The lowest BCUT2D eigenvalue weighted by Gasteiger charge is -2.26. The molecular formula is C25H28F3N7O3. The standard InChI is InChI=1S/C25H28F3N7O3/c1-34-20-9-7-15(11-19(20)32-33-34)13-30-23(37)21-12-16(25(26,27)28)14-35(21)24(38)18(29)8-10-22(36)31-17-5-3-2-4-6-17/h2-7,9,11,16,18,21H,8,10,12-14,29H2,1H3,(H,30,37)(H,31,36). The Morgan fingerprint density at radius 3 is 2.61 bits per heavy atom. The van der Waals surface area contributed by atoms with Crippen LogP contribution in [0.5, 0.6) is 0 Å². The molecule has 0 aliphatic carbocycles. The number of halogens is 3. The van der Waals surface area contributed by atoms with E-state index in [0.717, 1.165) is 10.4 Å². The minimum atomic E-state index is -4.58. The molecule has 3 unspecified atom stereocenters. The summed E-state index contributed by atoms with van der Waals surface area (Å²) >= 11 is 0. The summed E-state index contributed by atoms with van der Waals surface area (Å²) < 4.78 is 42.2. The van der Waals surface area contributed by atoms with E-state index in [9.17, 15) is 27.6 Å². The van der Waals surface area contributed by atoms with E-state index in [1.54, 1.807) is 60.3 Å². The van der Waals surface area contributed by atoms with Gasteiger partial charge in [0.2, 0.25) is 17.7 Å². The van der Waals surface area contributed by atoms with Crippen LogP contribution in [0, 0.1) is 5.92 Å². The van der Waals surface area contributed by atoms with Gasteiger partial charge < -0.3 is 21.3 Å². The number of carbonyl (C=O) groups excluding carboxylic acids is 3. The van der Waals surface area contributed by atoms with Crippen molar-refractivity contribution < 1.29 is 27.6 Å². The van der Waals surface area contributed by atoms with Gasteiger partial charge >= 0.3 is 6.18 Å². The highest BCUT2D eigenvalue weighted by Crippen LogP contribution is 2.37. The summed E-state index contributed by atoms with van der Waals surface area (Å²) in [7, 11) is 1.74. The molecule has 10 nitrogen and oxygen atoms in total. The number of aryl methyl sites for hydroxylation is 1. The summed E-state index contributed by atoms with van der Waals surface area (Å²) in [5.41, 5.74) is 8.61. The van der Waals surface area contributed by atoms with Gasteiger partial charge in [0.05, 0.1) is 17.5 Å². The third kappa shape index (κ3) is 6.28. The van der Waals surface area contributed by atoms with Gasteiger partial charge in [-0.05, 0) is 42.7 Å². The lowest BCUT2D eigenvalue weighted by atomic mass is 10.0. The fraction of sp³-hybridized carbons (Fsp3) is 0.400. The Morgan fingerprint density at radius 1 is 1.16 bits per heavy atom. The van der Waals surface area contributed by atoms with Crippen molar-refractivity contribution in [2.24, 2.45) is 18.7 Å². The highest BCUT2D eigenvalue weighted by molar-refractivity contribution is 5.93. The van der Waals surface area contributed by atoms with Gasteiger partial charge in [-0.25, -0.2) is 4.68 Å². The Labute approximate surface area is 216 Å². The highest BCUT2D eigenvalue weighted by atomic mass is 19.4. The van der Waals surface area contributed by atoms with Crippen molar-refractivity contribution in [3.63, 3.8) is 0 Å². The molecule has 0 radical (unpaired) electrons. The molecule has 202 valence electrons. The van der Waals surface area contributed by atoms with Crippen molar-refractivity contribution in [2.45, 2.75) is 44.1 Å². The monoisotopic (exact) mass is 531 g/mol. The predicted octanol–water partition coefficient (Wildman–Crippen LogP) is 2.11. The second-order valence-electron chi connectivity index (χ2n) is 9.29. The smallest absolute Gasteiger partial charge is 0.350 e. The molecule has 2 heterocycles. The number of benzene rings is 2. The van der Waals surface area contributed by atoms with Gasteiger partial charge in [-0.3, -0.25) is 14.4 Å². The number of amides is 3. The predicted molar refractivity (Wildman–Crippen MR) is 132 cm³/mol.